The molecule has 3 aromatic rings. The van der Waals surface area contributed by atoms with E-state index in [-0.39, 0.29) is 7.33 Å². The van der Waals surface area contributed by atoms with Crippen LogP contribution in [0.5, 0.6) is 0 Å². The average molecular weight is 279 g/mol. The van der Waals surface area contributed by atoms with Crippen LogP contribution in [-0.2, 0) is 6.54 Å². The molecule has 4 nitrogen and oxygen atoms in total. The predicted octanol–water partition coefficient (Wildman–Crippen LogP) is 3.00. The molecule has 2 heterocycles. The molecule has 4 heteroatoms. The zero-order valence-electron chi connectivity index (χ0n) is 11.8. The fraction of sp³-hybridized carbons (Fsp3) is 0.176. The number of amides is 1. The summed E-state index contributed by atoms with van der Waals surface area (Å²) < 4.78 is 2.15. The minimum Gasteiger partial charge on any atom is -0.350 e. The smallest absolute Gasteiger partial charge is 0.253 e. The van der Waals surface area contributed by atoms with E-state index < -0.39 is 0 Å². The van der Waals surface area contributed by atoms with E-state index in [9.17, 15) is 4.79 Å². The van der Waals surface area contributed by atoms with E-state index in [1.165, 1.54) is 5.56 Å². The van der Waals surface area contributed by atoms with Crippen molar-refractivity contribution < 1.29 is 6.22 Å². The molecule has 106 valence electrons. The van der Waals surface area contributed by atoms with Gasteiger partial charge < -0.3 is 9.88 Å². The minimum atomic E-state index is -0.0188. The van der Waals surface area contributed by atoms with Crippen LogP contribution in [0.4, 0.5) is 0 Å². The number of nitrogens with one attached hydrogen (secondary N) is 1. The molecule has 1 aromatic heterocycles. The molecule has 0 spiro atoms. The van der Waals surface area contributed by atoms with Gasteiger partial charge in [-0.05, 0) is 19.1 Å². The van der Waals surface area contributed by atoms with E-state index in [0.717, 1.165) is 29.0 Å². The van der Waals surface area contributed by atoms with Crippen molar-refractivity contribution in [2.45, 2.75) is 13.5 Å². The Labute approximate surface area is 123 Å². The first kappa shape index (κ1) is 12.1. The maximum Gasteiger partial charge on any atom is 0.253 e. The van der Waals surface area contributed by atoms with E-state index in [4.69, 9.17) is 4.98 Å². The summed E-state index contributed by atoms with van der Waals surface area (Å²) in [6.45, 7) is 3.43. The maximum absolute atomic E-state index is 12.1. The van der Waals surface area contributed by atoms with Crippen LogP contribution in [0, 0.1) is 6.92 Å². The van der Waals surface area contributed by atoms with E-state index in [0.29, 0.717) is 12.1 Å². The van der Waals surface area contributed by atoms with Crippen molar-refractivity contribution >= 4 is 16.9 Å². The van der Waals surface area contributed by atoms with Crippen molar-refractivity contribution in [2.24, 2.45) is 0 Å². The van der Waals surface area contributed by atoms with Crippen LogP contribution in [-0.4, -0.2) is 22.0 Å². The summed E-state index contributed by atoms with van der Waals surface area (Å²) in [4.78, 5) is 16.9. The number of carbonyl (C=O) groups excluding carboxylic acids is 1. The van der Waals surface area contributed by atoms with Gasteiger partial charge in [0.1, 0.15) is 5.82 Å². The lowest BCUT2D eigenvalue weighted by atomic mass is 10.1. The minimum absolute atomic E-state index is 0. The molecule has 0 fully saturated rings. The molecule has 2 aromatic carbocycles. The van der Waals surface area contributed by atoms with Gasteiger partial charge in [0, 0.05) is 20.1 Å². The summed E-state index contributed by atoms with van der Waals surface area (Å²) in [7, 11) is 0. The molecule has 0 saturated carbocycles. The van der Waals surface area contributed by atoms with Gasteiger partial charge in [-0.1, -0.05) is 35.9 Å². The fourth-order valence-electron chi connectivity index (χ4n) is 2.89. The second-order valence-corrected chi connectivity index (χ2v) is 5.38. The Morgan fingerprint density at radius 3 is 2.81 bits per heavy atom. The van der Waals surface area contributed by atoms with Crippen molar-refractivity contribution in [2.75, 3.05) is 6.54 Å². The Hall–Kier alpha value is -2.62. The summed E-state index contributed by atoms with van der Waals surface area (Å²) in [5, 5.41) is 2.94. The number of hydrogen-bond acceptors (Lipinski definition) is 2. The van der Waals surface area contributed by atoms with Crippen LogP contribution in [0.3, 0.4) is 0 Å². The molecule has 0 saturated heterocycles. The van der Waals surface area contributed by atoms with Crippen LogP contribution in [0.2, 0.25) is 0 Å². The quantitative estimate of drug-likeness (QED) is 0.744. The van der Waals surface area contributed by atoms with Crippen molar-refractivity contribution in [1.82, 2.24) is 14.9 Å². The number of carbonyl (C=O) groups is 1. The Morgan fingerprint density at radius 1 is 1.19 bits per heavy atom. The summed E-state index contributed by atoms with van der Waals surface area (Å²) in [6, 6.07) is 14.1. The summed E-state index contributed by atoms with van der Waals surface area (Å²) in [6.07, 6.45) is 0. The highest BCUT2D eigenvalue weighted by molar-refractivity contribution is 6.06. The Balaban J connectivity index is 0.00000144. The standard InChI is InChI=1S/C17H15N3O.H2/c1-11-5-7-12(8-6-11)16-19-14-4-2-3-13-15(14)20(16)10-9-18-17(13)21;/h2-8H,9-10H2,1H3,(H,18,21);1H. The van der Waals surface area contributed by atoms with Gasteiger partial charge in [0.25, 0.3) is 5.91 Å². The Morgan fingerprint density at radius 2 is 2.00 bits per heavy atom. The van der Waals surface area contributed by atoms with Crippen molar-refractivity contribution in [1.29, 1.82) is 0 Å². The molecule has 4 rings (SSSR count). The number of para-hydroxylation sites is 1. The summed E-state index contributed by atoms with van der Waals surface area (Å²) >= 11 is 0. The van der Waals surface area contributed by atoms with Crippen LogP contribution < -0.4 is 5.32 Å². The van der Waals surface area contributed by atoms with Gasteiger partial charge in [-0.2, -0.15) is 0 Å². The van der Waals surface area contributed by atoms with E-state index in [1.54, 1.807) is 0 Å². The largest absolute Gasteiger partial charge is 0.350 e. The van der Waals surface area contributed by atoms with Gasteiger partial charge in [-0.3, -0.25) is 4.79 Å². The molecule has 1 amide bonds. The van der Waals surface area contributed by atoms with Gasteiger partial charge in [0.2, 0.25) is 0 Å². The SMILES string of the molecule is Cc1ccc(-c2nc3cccc4c3n2CCNC4=O)cc1.[HH]. The third-order valence-electron chi connectivity index (χ3n) is 3.94. The van der Waals surface area contributed by atoms with Crippen molar-refractivity contribution in [3.8, 4) is 11.4 Å². The molecule has 0 aliphatic carbocycles. The molecule has 1 aliphatic heterocycles. The number of nitrogens with zero attached hydrogens (tertiary/aromatic N) is 2. The predicted molar refractivity (Wildman–Crippen MR) is 84.4 cm³/mol. The molecule has 1 N–H and O–H groups in total. The first-order valence-electron chi connectivity index (χ1n) is 7.08. The van der Waals surface area contributed by atoms with Crippen molar-refractivity contribution in [3.63, 3.8) is 0 Å². The lowest BCUT2D eigenvalue weighted by Crippen LogP contribution is -2.24. The average Bonchev–Trinajstić information content (AvgIpc) is 2.77. The molecule has 1 aliphatic rings. The molecular weight excluding hydrogens is 262 g/mol. The van der Waals surface area contributed by atoms with E-state index in [2.05, 4.69) is 41.1 Å². The molecule has 21 heavy (non-hydrogen) atoms. The Kier molecular flexibility index (Phi) is 2.57. The summed E-state index contributed by atoms with van der Waals surface area (Å²) in [5.74, 6) is 0.906. The summed E-state index contributed by atoms with van der Waals surface area (Å²) in [5.41, 5.74) is 4.82. The normalized spacial score (nSPS) is 14.0. The molecule has 0 radical (unpaired) electrons. The second kappa shape index (κ2) is 4.45. The van der Waals surface area contributed by atoms with Gasteiger partial charge >= 0.3 is 0 Å². The van der Waals surface area contributed by atoms with Crippen LogP contribution >= 0.6 is 0 Å². The van der Waals surface area contributed by atoms with Gasteiger partial charge in [0.05, 0.1) is 16.6 Å². The van der Waals surface area contributed by atoms with Gasteiger partial charge in [-0.15, -0.1) is 0 Å². The monoisotopic (exact) mass is 279 g/mol. The Bertz CT molecular complexity index is 852. The number of imidazole rings is 1. The van der Waals surface area contributed by atoms with E-state index in [1.807, 2.05) is 18.2 Å². The third-order valence-corrected chi connectivity index (χ3v) is 3.94. The highest BCUT2D eigenvalue weighted by Gasteiger charge is 2.21. The van der Waals surface area contributed by atoms with Crippen LogP contribution in [0.15, 0.2) is 42.5 Å². The highest BCUT2D eigenvalue weighted by Crippen LogP contribution is 2.28. The van der Waals surface area contributed by atoms with Crippen molar-refractivity contribution in [3.05, 3.63) is 53.6 Å². The maximum atomic E-state index is 12.1. The van der Waals surface area contributed by atoms with Crippen LogP contribution in [0.25, 0.3) is 22.4 Å². The number of aromatic nitrogens is 2. The highest BCUT2D eigenvalue weighted by atomic mass is 16.1. The number of hydrogen-bond donors (Lipinski definition) is 1. The molecule has 0 unspecified atom stereocenters. The molecule has 0 atom stereocenters. The fourth-order valence-corrected chi connectivity index (χ4v) is 2.89. The lowest BCUT2D eigenvalue weighted by Gasteiger charge is -2.07. The second-order valence-electron chi connectivity index (χ2n) is 5.38. The van der Waals surface area contributed by atoms with Gasteiger partial charge in [0.15, 0.2) is 0 Å². The zero-order chi connectivity index (χ0) is 14.4. The first-order chi connectivity index (χ1) is 10.2. The number of rotatable bonds is 1. The topological polar surface area (TPSA) is 46.9 Å². The first-order valence-corrected chi connectivity index (χ1v) is 7.08. The van der Waals surface area contributed by atoms with E-state index >= 15 is 0 Å². The third kappa shape index (κ3) is 1.83. The van der Waals surface area contributed by atoms with Crippen LogP contribution in [0.1, 0.15) is 17.3 Å². The lowest BCUT2D eigenvalue weighted by molar-refractivity contribution is 0.0956. The van der Waals surface area contributed by atoms with Gasteiger partial charge in [-0.25, -0.2) is 4.98 Å². The molecular formula is C17H17N3O. The molecule has 0 bridgehead atoms. The number of benzene rings is 2. The zero-order valence-corrected chi connectivity index (χ0v) is 11.8. The number of aryl methyl sites for hydroxylation is 1.